The van der Waals surface area contributed by atoms with Gasteiger partial charge in [-0.15, -0.1) is 0 Å². The molecule has 0 atom stereocenters. The molecular formula is C84H51BBr2O2. The van der Waals surface area contributed by atoms with Gasteiger partial charge in [-0.2, -0.15) is 0 Å². The van der Waals surface area contributed by atoms with Crippen molar-refractivity contribution >= 4 is 109 Å². The summed E-state index contributed by atoms with van der Waals surface area (Å²) in [6, 6.07) is 108. The Bertz CT molecular complexity index is 5310. The molecule has 0 heterocycles. The van der Waals surface area contributed by atoms with E-state index in [0.29, 0.717) is 9.94 Å². The molecule has 2 nitrogen and oxygen atoms in total. The predicted octanol–water partition coefficient (Wildman–Crippen LogP) is 22.8. The van der Waals surface area contributed by atoms with Crippen LogP contribution in [0.3, 0.4) is 0 Å². The highest BCUT2D eigenvalue weighted by molar-refractivity contribution is 9.11. The zero-order valence-electron chi connectivity index (χ0n) is 48.0. The largest absolute Gasteiger partial charge is 0.489 e. The molecule has 0 saturated heterocycles. The van der Waals surface area contributed by atoms with E-state index < -0.39 is 7.12 Å². The standard InChI is InChI=1S/C42H24.C36H21Br.C6H6BBrO2/c1-3-11-25(12-4-1)39-29-17-9-10-18-30(29)40(26-13-5-2-6-14-26)38-24-36-34-22-20-32-28-16-8-7-15-27(28)31-19-21-33(42(34)41(31)32)35(36)23-37(38)39;37-33-19-18-27-30-21-32-31(20-29(30)26-16-9-17-28(33)36(26)27)34(22-10-3-1-4-11-22)24-14-7-8-15-25(24)35(32)23-12-5-2-6-13-23;8-6-4-2-1-3-5(6)7(9)10/h1-24H;1-21H;1-4,9-10H. The van der Waals surface area contributed by atoms with Crippen molar-refractivity contribution in [2.75, 3.05) is 0 Å². The maximum absolute atomic E-state index is 8.73. The molecule has 16 aromatic rings. The molecule has 416 valence electrons. The molecular weight excluding hydrogens is 1210 g/mol. The van der Waals surface area contributed by atoms with Crippen LogP contribution in [0.2, 0.25) is 0 Å². The molecule has 3 aliphatic carbocycles. The van der Waals surface area contributed by atoms with Crippen molar-refractivity contribution in [1.29, 1.82) is 0 Å². The second-order valence-corrected chi connectivity index (χ2v) is 25.0. The molecule has 89 heavy (non-hydrogen) atoms. The number of halogens is 2. The summed E-state index contributed by atoms with van der Waals surface area (Å²) in [6.45, 7) is 0. The van der Waals surface area contributed by atoms with Gasteiger partial charge in [0.05, 0.1) is 0 Å². The van der Waals surface area contributed by atoms with Crippen molar-refractivity contribution in [3.8, 4) is 111 Å². The minimum absolute atomic E-state index is 0.488. The fraction of sp³-hybridized carbons (Fsp3) is 0. The van der Waals surface area contributed by atoms with E-state index in [1.54, 1.807) is 18.2 Å². The molecule has 2 N–H and O–H groups in total. The van der Waals surface area contributed by atoms with Crippen molar-refractivity contribution in [2.24, 2.45) is 0 Å². The molecule has 0 spiro atoms. The lowest BCUT2D eigenvalue weighted by molar-refractivity contribution is 0.425. The van der Waals surface area contributed by atoms with Crippen molar-refractivity contribution in [1.82, 2.24) is 0 Å². The third-order valence-corrected chi connectivity index (χ3v) is 20.0. The van der Waals surface area contributed by atoms with Crippen molar-refractivity contribution < 1.29 is 10.0 Å². The Hall–Kier alpha value is -9.98. The first kappa shape index (κ1) is 53.3. The molecule has 0 unspecified atom stereocenters. The fourth-order valence-electron chi connectivity index (χ4n) is 14.9. The molecule has 5 heteroatoms. The average molecular weight is 1260 g/mol. The summed E-state index contributed by atoms with van der Waals surface area (Å²) in [5, 5.41) is 33.3. The predicted molar refractivity (Wildman–Crippen MR) is 385 cm³/mol. The first-order valence-corrected chi connectivity index (χ1v) is 31.8. The van der Waals surface area contributed by atoms with Gasteiger partial charge in [0, 0.05) is 8.95 Å². The summed E-state index contributed by atoms with van der Waals surface area (Å²) in [5.74, 6) is 0. The first-order chi connectivity index (χ1) is 43.9. The van der Waals surface area contributed by atoms with E-state index in [1.165, 1.54) is 176 Å². The Labute approximate surface area is 532 Å². The van der Waals surface area contributed by atoms with Crippen LogP contribution in [0.15, 0.2) is 306 Å². The molecule has 0 bridgehead atoms. The van der Waals surface area contributed by atoms with Gasteiger partial charge in [-0.1, -0.05) is 293 Å². The van der Waals surface area contributed by atoms with Crippen LogP contribution in [0, 0.1) is 0 Å². The summed E-state index contributed by atoms with van der Waals surface area (Å²) in [7, 11) is -1.39. The van der Waals surface area contributed by atoms with E-state index in [9.17, 15) is 0 Å². The van der Waals surface area contributed by atoms with Gasteiger partial charge in [0.2, 0.25) is 0 Å². The highest BCUT2D eigenvalue weighted by Gasteiger charge is 2.31. The summed E-state index contributed by atoms with van der Waals surface area (Å²) >= 11 is 6.97. The van der Waals surface area contributed by atoms with Crippen LogP contribution in [0.5, 0.6) is 0 Å². The summed E-state index contributed by atoms with van der Waals surface area (Å²) < 4.78 is 1.86. The SMILES string of the molecule is Brc1ccc2c3c(cccc13)-c1cc3c(-c4ccccc4)c4ccccc4c(-c4ccccc4)c3cc1-2.OB(O)c1ccccc1Br.c1ccc(-c2c3ccccc3c(-c3ccccc3)c3cc4c(cc23)-c2ccc3c5c(ccc-4c25)-c2ccccc2-3)cc1. The van der Waals surface area contributed by atoms with Gasteiger partial charge in [-0.25, -0.2) is 0 Å². The van der Waals surface area contributed by atoms with Crippen LogP contribution < -0.4 is 5.46 Å². The molecule has 0 aliphatic heterocycles. The molecule has 0 saturated carbocycles. The Morgan fingerprint density at radius 3 is 0.843 bits per heavy atom. The molecule has 0 aromatic heterocycles. The van der Waals surface area contributed by atoms with Gasteiger partial charge < -0.3 is 10.0 Å². The molecule has 0 radical (unpaired) electrons. The van der Waals surface area contributed by atoms with Gasteiger partial charge >= 0.3 is 7.12 Å². The maximum Gasteiger partial charge on any atom is 0.489 e. The van der Waals surface area contributed by atoms with Crippen molar-refractivity contribution in [3.05, 3.63) is 306 Å². The first-order valence-electron chi connectivity index (χ1n) is 30.2. The summed E-state index contributed by atoms with van der Waals surface area (Å²) in [6.07, 6.45) is 0. The zero-order chi connectivity index (χ0) is 59.4. The van der Waals surface area contributed by atoms with Crippen molar-refractivity contribution in [2.45, 2.75) is 0 Å². The number of benzene rings is 16. The molecule has 19 rings (SSSR count). The second-order valence-electron chi connectivity index (χ2n) is 23.3. The van der Waals surface area contributed by atoms with E-state index in [4.69, 9.17) is 10.0 Å². The molecule has 16 aromatic carbocycles. The normalized spacial score (nSPS) is 11.8. The lowest BCUT2D eigenvalue weighted by atomic mass is 9.80. The minimum atomic E-state index is -1.39. The van der Waals surface area contributed by atoms with Crippen molar-refractivity contribution in [3.63, 3.8) is 0 Å². The van der Waals surface area contributed by atoms with E-state index in [1.807, 2.05) is 6.07 Å². The quantitative estimate of drug-likeness (QED) is 0.133. The molecule has 0 amide bonds. The Morgan fingerprint density at radius 2 is 0.483 bits per heavy atom. The molecule has 3 aliphatic rings. The third-order valence-electron chi connectivity index (χ3n) is 18.6. The van der Waals surface area contributed by atoms with Gasteiger partial charge in [0.15, 0.2) is 0 Å². The Morgan fingerprint density at radius 1 is 0.202 bits per heavy atom. The second kappa shape index (κ2) is 21.4. The Kier molecular flexibility index (Phi) is 12.8. The fourth-order valence-corrected chi connectivity index (χ4v) is 15.8. The van der Waals surface area contributed by atoms with Crippen LogP contribution in [-0.4, -0.2) is 17.2 Å². The third kappa shape index (κ3) is 8.45. The van der Waals surface area contributed by atoms with Crippen LogP contribution in [-0.2, 0) is 0 Å². The number of hydrogen-bond acceptors (Lipinski definition) is 2. The zero-order valence-corrected chi connectivity index (χ0v) is 51.2. The lowest BCUT2D eigenvalue weighted by Crippen LogP contribution is -2.30. The topological polar surface area (TPSA) is 40.5 Å². The van der Waals surface area contributed by atoms with Gasteiger partial charge in [0.25, 0.3) is 0 Å². The van der Waals surface area contributed by atoms with Crippen LogP contribution in [0.4, 0.5) is 0 Å². The van der Waals surface area contributed by atoms with E-state index in [0.717, 1.165) is 4.47 Å². The average Bonchev–Trinajstić information content (AvgIpc) is 1.60. The smallest absolute Gasteiger partial charge is 0.423 e. The van der Waals surface area contributed by atoms with Gasteiger partial charge in [-0.3, -0.25) is 0 Å². The van der Waals surface area contributed by atoms with Crippen LogP contribution in [0.25, 0.3) is 176 Å². The van der Waals surface area contributed by atoms with E-state index in [-0.39, 0.29) is 0 Å². The van der Waals surface area contributed by atoms with E-state index >= 15 is 0 Å². The summed E-state index contributed by atoms with van der Waals surface area (Å²) in [5.41, 5.74) is 26.8. The number of fused-ring (bicyclic) bond motifs is 13. The van der Waals surface area contributed by atoms with Gasteiger partial charge in [0.1, 0.15) is 0 Å². The van der Waals surface area contributed by atoms with Gasteiger partial charge in [-0.05, 0) is 218 Å². The monoisotopic (exact) mass is 1260 g/mol. The van der Waals surface area contributed by atoms with E-state index in [2.05, 4.69) is 305 Å². The van der Waals surface area contributed by atoms with Crippen LogP contribution in [0.1, 0.15) is 0 Å². The highest BCUT2D eigenvalue weighted by atomic mass is 79.9. The maximum atomic E-state index is 8.73. The molecule has 0 fully saturated rings. The van der Waals surface area contributed by atoms with Crippen LogP contribution >= 0.6 is 31.9 Å². The summed E-state index contributed by atoms with van der Waals surface area (Å²) in [4.78, 5) is 0. The highest BCUT2D eigenvalue weighted by Crippen LogP contribution is 2.59. The lowest BCUT2D eigenvalue weighted by Gasteiger charge is -2.19. The number of rotatable bonds is 5. The minimum Gasteiger partial charge on any atom is -0.423 e. The Balaban J connectivity index is 0.000000120. The number of hydrogen-bond donors (Lipinski definition) is 2.